The highest BCUT2D eigenvalue weighted by molar-refractivity contribution is 5.68. The van der Waals surface area contributed by atoms with Gasteiger partial charge in [0, 0.05) is 12.1 Å². The molecule has 1 aromatic rings. The number of likely N-dealkylation sites (tertiary alicyclic amines) is 1. The van der Waals surface area contributed by atoms with Gasteiger partial charge in [0.1, 0.15) is 0 Å². The standard InChI is InChI=1S/C16H23NO2/c1-12-7-3-4-9-14(12)15(11-16(18)19)17-10-6-5-8-13(17)2/h3-4,7,9,13,15H,5-6,8,10-11H2,1-2H3,(H,18,19). The van der Waals surface area contributed by atoms with Crippen LogP contribution in [0.3, 0.4) is 0 Å². The number of hydrogen-bond donors (Lipinski definition) is 1. The lowest BCUT2D eigenvalue weighted by molar-refractivity contribution is -0.138. The highest BCUT2D eigenvalue weighted by atomic mass is 16.4. The minimum Gasteiger partial charge on any atom is -0.481 e. The number of piperidine rings is 1. The Hall–Kier alpha value is -1.35. The summed E-state index contributed by atoms with van der Waals surface area (Å²) in [7, 11) is 0. The van der Waals surface area contributed by atoms with Crippen molar-refractivity contribution in [1.82, 2.24) is 4.90 Å². The Kier molecular flexibility index (Phi) is 4.59. The number of aliphatic carboxylic acids is 1. The highest BCUT2D eigenvalue weighted by Gasteiger charge is 2.29. The van der Waals surface area contributed by atoms with Gasteiger partial charge in [-0.05, 0) is 44.4 Å². The molecule has 0 saturated carbocycles. The number of carboxylic acid groups (broad SMARTS) is 1. The van der Waals surface area contributed by atoms with E-state index in [1.165, 1.54) is 30.4 Å². The molecule has 1 N–H and O–H groups in total. The van der Waals surface area contributed by atoms with Crippen LogP contribution in [0.5, 0.6) is 0 Å². The molecule has 3 nitrogen and oxygen atoms in total. The minimum atomic E-state index is -0.717. The maximum Gasteiger partial charge on any atom is 0.305 e. The molecule has 1 aliphatic heterocycles. The van der Waals surface area contributed by atoms with Crippen LogP contribution in [0.25, 0.3) is 0 Å². The minimum absolute atomic E-state index is 0.00833. The van der Waals surface area contributed by atoms with Crippen LogP contribution >= 0.6 is 0 Å². The molecule has 0 aliphatic carbocycles. The first-order chi connectivity index (χ1) is 9.09. The van der Waals surface area contributed by atoms with Crippen LogP contribution in [-0.4, -0.2) is 28.6 Å². The molecule has 0 bridgehead atoms. The van der Waals surface area contributed by atoms with E-state index in [0.717, 1.165) is 6.54 Å². The summed E-state index contributed by atoms with van der Waals surface area (Å²) in [6.45, 7) is 5.29. The normalized spacial score (nSPS) is 22.1. The van der Waals surface area contributed by atoms with E-state index in [0.29, 0.717) is 6.04 Å². The van der Waals surface area contributed by atoms with Crippen molar-refractivity contribution in [2.45, 2.75) is 51.6 Å². The Balaban J connectivity index is 2.30. The number of carbonyl (C=O) groups is 1. The van der Waals surface area contributed by atoms with Gasteiger partial charge in [0.2, 0.25) is 0 Å². The fourth-order valence-corrected chi connectivity index (χ4v) is 3.12. The van der Waals surface area contributed by atoms with Crippen LogP contribution in [0.2, 0.25) is 0 Å². The first kappa shape index (κ1) is 14.1. The maximum atomic E-state index is 11.2. The Bertz CT molecular complexity index is 444. The lowest BCUT2D eigenvalue weighted by atomic mass is 9.93. The molecular formula is C16H23NO2. The Morgan fingerprint density at radius 1 is 1.42 bits per heavy atom. The molecule has 1 heterocycles. The summed E-state index contributed by atoms with van der Waals surface area (Å²) in [4.78, 5) is 13.6. The van der Waals surface area contributed by atoms with Crippen molar-refractivity contribution < 1.29 is 9.90 Å². The van der Waals surface area contributed by atoms with Crippen LogP contribution in [0.4, 0.5) is 0 Å². The first-order valence-corrected chi connectivity index (χ1v) is 7.12. The third-order valence-corrected chi connectivity index (χ3v) is 4.17. The van der Waals surface area contributed by atoms with Gasteiger partial charge in [0.25, 0.3) is 0 Å². The number of benzene rings is 1. The molecule has 0 aromatic heterocycles. The number of rotatable bonds is 4. The molecule has 0 spiro atoms. The second-order valence-corrected chi connectivity index (χ2v) is 5.55. The molecule has 0 radical (unpaired) electrons. The zero-order valence-electron chi connectivity index (χ0n) is 11.8. The summed E-state index contributed by atoms with van der Waals surface area (Å²) < 4.78 is 0. The SMILES string of the molecule is Cc1ccccc1C(CC(=O)O)N1CCCCC1C. The average molecular weight is 261 g/mol. The molecule has 104 valence electrons. The van der Waals surface area contributed by atoms with E-state index in [-0.39, 0.29) is 12.5 Å². The van der Waals surface area contributed by atoms with Gasteiger partial charge in [-0.15, -0.1) is 0 Å². The van der Waals surface area contributed by atoms with Gasteiger partial charge in [-0.25, -0.2) is 0 Å². The Morgan fingerprint density at radius 3 is 2.79 bits per heavy atom. The predicted octanol–water partition coefficient (Wildman–Crippen LogP) is 3.39. The van der Waals surface area contributed by atoms with Gasteiger partial charge >= 0.3 is 5.97 Å². The summed E-state index contributed by atoms with van der Waals surface area (Å²) in [6, 6.07) is 8.64. The monoisotopic (exact) mass is 261 g/mol. The van der Waals surface area contributed by atoms with Gasteiger partial charge in [-0.3, -0.25) is 9.69 Å². The van der Waals surface area contributed by atoms with E-state index in [4.69, 9.17) is 0 Å². The fraction of sp³-hybridized carbons (Fsp3) is 0.562. The van der Waals surface area contributed by atoms with Crippen LogP contribution < -0.4 is 0 Å². The maximum absolute atomic E-state index is 11.2. The quantitative estimate of drug-likeness (QED) is 0.903. The van der Waals surface area contributed by atoms with Crippen molar-refractivity contribution in [3.63, 3.8) is 0 Å². The molecule has 3 heteroatoms. The van der Waals surface area contributed by atoms with E-state index in [1.54, 1.807) is 0 Å². The summed E-state index contributed by atoms with van der Waals surface area (Å²) in [6.07, 6.45) is 3.79. The summed E-state index contributed by atoms with van der Waals surface area (Å²) in [5.74, 6) is -0.717. The topological polar surface area (TPSA) is 40.5 Å². The predicted molar refractivity (Wildman–Crippen MR) is 76.2 cm³/mol. The van der Waals surface area contributed by atoms with E-state index in [2.05, 4.69) is 30.9 Å². The lowest BCUT2D eigenvalue weighted by Crippen LogP contribution is -2.41. The molecule has 1 aliphatic rings. The number of aryl methyl sites for hydroxylation is 1. The largest absolute Gasteiger partial charge is 0.481 e. The van der Waals surface area contributed by atoms with Crippen LogP contribution in [0.1, 0.15) is 49.8 Å². The number of hydrogen-bond acceptors (Lipinski definition) is 2. The third-order valence-electron chi connectivity index (χ3n) is 4.17. The van der Waals surface area contributed by atoms with Gasteiger partial charge in [-0.2, -0.15) is 0 Å². The van der Waals surface area contributed by atoms with Crippen molar-refractivity contribution in [3.05, 3.63) is 35.4 Å². The van der Waals surface area contributed by atoms with Gasteiger partial charge in [0.05, 0.1) is 6.42 Å². The molecule has 1 saturated heterocycles. The second-order valence-electron chi connectivity index (χ2n) is 5.55. The highest BCUT2D eigenvalue weighted by Crippen LogP contribution is 2.32. The number of nitrogens with zero attached hydrogens (tertiary/aromatic N) is 1. The molecule has 1 fully saturated rings. The summed E-state index contributed by atoms with van der Waals surface area (Å²) in [5, 5.41) is 9.23. The van der Waals surface area contributed by atoms with Gasteiger partial charge in [-0.1, -0.05) is 30.7 Å². The van der Waals surface area contributed by atoms with Gasteiger partial charge in [0.15, 0.2) is 0 Å². The molecule has 2 atom stereocenters. The third kappa shape index (κ3) is 3.35. The molecule has 2 unspecified atom stereocenters. The van der Waals surface area contributed by atoms with E-state index in [9.17, 15) is 9.90 Å². The molecule has 19 heavy (non-hydrogen) atoms. The van der Waals surface area contributed by atoms with Crippen LogP contribution in [0, 0.1) is 6.92 Å². The van der Waals surface area contributed by atoms with E-state index < -0.39 is 5.97 Å². The first-order valence-electron chi connectivity index (χ1n) is 7.12. The van der Waals surface area contributed by atoms with Crippen molar-refractivity contribution in [2.24, 2.45) is 0 Å². The Labute approximate surface area is 115 Å². The summed E-state index contributed by atoms with van der Waals surface area (Å²) >= 11 is 0. The smallest absolute Gasteiger partial charge is 0.305 e. The van der Waals surface area contributed by atoms with Crippen molar-refractivity contribution >= 4 is 5.97 Å². The van der Waals surface area contributed by atoms with Gasteiger partial charge < -0.3 is 5.11 Å². The fourth-order valence-electron chi connectivity index (χ4n) is 3.12. The number of carboxylic acids is 1. The Morgan fingerprint density at radius 2 is 2.16 bits per heavy atom. The van der Waals surface area contributed by atoms with Crippen molar-refractivity contribution in [2.75, 3.05) is 6.54 Å². The van der Waals surface area contributed by atoms with Crippen LogP contribution in [-0.2, 0) is 4.79 Å². The summed E-state index contributed by atoms with van der Waals surface area (Å²) in [5.41, 5.74) is 2.35. The molecule has 2 rings (SSSR count). The van der Waals surface area contributed by atoms with E-state index in [1.807, 2.05) is 12.1 Å². The zero-order valence-corrected chi connectivity index (χ0v) is 11.8. The van der Waals surface area contributed by atoms with Crippen molar-refractivity contribution in [3.8, 4) is 0 Å². The average Bonchev–Trinajstić information content (AvgIpc) is 2.37. The molecule has 0 amide bonds. The van der Waals surface area contributed by atoms with Crippen molar-refractivity contribution in [1.29, 1.82) is 0 Å². The second kappa shape index (κ2) is 6.20. The zero-order chi connectivity index (χ0) is 13.8. The van der Waals surface area contributed by atoms with Crippen LogP contribution in [0.15, 0.2) is 24.3 Å². The van der Waals surface area contributed by atoms with E-state index >= 15 is 0 Å². The molecular weight excluding hydrogens is 238 g/mol. The lowest BCUT2D eigenvalue weighted by Gasteiger charge is -2.39. The molecule has 1 aromatic carbocycles.